The Morgan fingerprint density at radius 3 is 3.08 bits per heavy atom. The third-order valence-electron chi connectivity index (χ3n) is 1.38. The molecule has 0 amide bonds. The Hall–Kier alpha value is -0.550. The molecule has 0 bridgehead atoms. The first-order valence-electron chi connectivity index (χ1n) is 3.99. The second kappa shape index (κ2) is 5.24. The van der Waals surface area contributed by atoms with Gasteiger partial charge in [0.25, 0.3) is 0 Å². The standard InChI is InChI=1S/C8H12BrN3S/c1-2-11-8(10)12-4-7-3-6(9)5-13-7/h3,5H,2,4H2,1H3,(H3,10,11,12). The van der Waals surface area contributed by atoms with E-state index >= 15 is 0 Å². The summed E-state index contributed by atoms with van der Waals surface area (Å²) in [7, 11) is 0. The monoisotopic (exact) mass is 261 g/mol. The van der Waals surface area contributed by atoms with Crippen molar-refractivity contribution in [1.29, 1.82) is 0 Å². The van der Waals surface area contributed by atoms with Crippen LogP contribution in [-0.2, 0) is 6.54 Å². The maximum absolute atomic E-state index is 5.57. The molecular weight excluding hydrogens is 250 g/mol. The van der Waals surface area contributed by atoms with Crippen LogP contribution in [0.15, 0.2) is 20.9 Å². The fraction of sp³-hybridized carbons (Fsp3) is 0.375. The summed E-state index contributed by atoms with van der Waals surface area (Å²) < 4.78 is 1.10. The molecule has 0 aliphatic heterocycles. The minimum Gasteiger partial charge on any atom is -0.370 e. The van der Waals surface area contributed by atoms with Crippen molar-refractivity contribution >= 4 is 33.2 Å². The smallest absolute Gasteiger partial charge is 0.188 e. The van der Waals surface area contributed by atoms with Crippen molar-refractivity contribution in [1.82, 2.24) is 5.32 Å². The van der Waals surface area contributed by atoms with Gasteiger partial charge in [0.1, 0.15) is 0 Å². The normalized spacial score (nSPS) is 11.7. The highest BCUT2D eigenvalue weighted by Crippen LogP contribution is 2.20. The Labute approximate surface area is 90.2 Å². The molecule has 0 atom stereocenters. The van der Waals surface area contributed by atoms with Gasteiger partial charge in [-0.1, -0.05) is 0 Å². The van der Waals surface area contributed by atoms with Crippen LogP contribution in [0, 0.1) is 0 Å². The number of rotatable bonds is 3. The molecule has 5 heteroatoms. The number of halogens is 1. The summed E-state index contributed by atoms with van der Waals surface area (Å²) in [5.74, 6) is 0.507. The summed E-state index contributed by atoms with van der Waals surface area (Å²) in [5, 5.41) is 4.98. The fourth-order valence-electron chi connectivity index (χ4n) is 0.837. The Balaban J connectivity index is 2.46. The van der Waals surface area contributed by atoms with Crippen molar-refractivity contribution < 1.29 is 0 Å². The minimum absolute atomic E-state index is 0.507. The van der Waals surface area contributed by atoms with Crippen LogP contribution in [-0.4, -0.2) is 12.5 Å². The van der Waals surface area contributed by atoms with Crippen molar-refractivity contribution in [2.24, 2.45) is 10.7 Å². The average molecular weight is 262 g/mol. The molecule has 0 saturated carbocycles. The number of hydrogen-bond acceptors (Lipinski definition) is 2. The van der Waals surface area contributed by atoms with Gasteiger partial charge in [-0.25, -0.2) is 4.99 Å². The van der Waals surface area contributed by atoms with Gasteiger partial charge in [0.2, 0.25) is 0 Å². The van der Waals surface area contributed by atoms with Crippen molar-refractivity contribution in [3.63, 3.8) is 0 Å². The van der Waals surface area contributed by atoms with E-state index in [9.17, 15) is 0 Å². The van der Waals surface area contributed by atoms with Crippen LogP contribution in [0.2, 0.25) is 0 Å². The van der Waals surface area contributed by atoms with Crippen LogP contribution in [0.25, 0.3) is 0 Å². The summed E-state index contributed by atoms with van der Waals surface area (Å²) in [6.07, 6.45) is 0. The van der Waals surface area contributed by atoms with E-state index in [2.05, 4.69) is 26.2 Å². The van der Waals surface area contributed by atoms with Gasteiger partial charge in [0.15, 0.2) is 5.96 Å². The van der Waals surface area contributed by atoms with Crippen molar-refractivity contribution in [3.05, 3.63) is 20.8 Å². The minimum atomic E-state index is 0.507. The van der Waals surface area contributed by atoms with Crippen LogP contribution in [0.4, 0.5) is 0 Å². The lowest BCUT2D eigenvalue weighted by Gasteiger charge is -1.99. The molecule has 0 spiro atoms. The first-order valence-corrected chi connectivity index (χ1v) is 5.66. The summed E-state index contributed by atoms with van der Waals surface area (Å²) in [4.78, 5) is 5.37. The van der Waals surface area contributed by atoms with E-state index < -0.39 is 0 Å². The van der Waals surface area contributed by atoms with Gasteiger partial charge in [0.05, 0.1) is 6.54 Å². The molecule has 0 aliphatic carbocycles. The fourth-order valence-corrected chi connectivity index (χ4v) is 2.21. The van der Waals surface area contributed by atoms with Gasteiger partial charge >= 0.3 is 0 Å². The topological polar surface area (TPSA) is 50.4 Å². The molecule has 1 heterocycles. The summed E-state index contributed by atoms with van der Waals surface area (Å²) >= 11 is 5.06. The zero-order chi connectivity index (χ0) is 9.68. The van der Waals surface area contributed by atoms with Gasteiger partial charge in [0, 0.05) is 21.3 Å². The number of hydrogen-bond donors (Lipinski definition) is 2. The lowest BCUT2D eigenvalue weighted by molar-refractivity contribution is 0.929. The number of aliphatic imine (C=N–C) groups is 1. The lowest BCUT2D eigenvalue weighted by atomic mass is 10.5. The maximum atomic E-state index is 5.57. The first-order chi connectivity index (χ1) is 6.22. The molecule has 3 N–H and O–H groups in total. The van der Waals surface area contributed by atoms with Crippen LogP contribution in [0.1, 0.15) is 11.8 Å². The van der Waals surface area contributed by atoms with Crippen LogP contribution in [0.5, 0.6) is 0 Å². The largest absolute Gasteiger partial charge is 0.370 e. The van der Waals surface area contributed by atoms with Gasteiger partial charge in [-0.2, -0.15) is 0 Å². The SMILES string of the molecule is CCNC(N)=NCc1cc(Br)cs1. The average Bonchev–Trinajstić information content (AvgIpc) is 2.49. The van der Waals surface area contributed by atoms with E-state index in [1.807, 2.05) is 18.4 Å². The van der Waals surface area contributed by atoms with Crippen LogP contribution >= 0.6 is 27.3 Å². The highest BCUT2D eigenvalue weighted by molar-refractivity contribution is 9.10. The maximum Gasteiger partial charge on any atom is 0.188 e. The molecular formula is C8H12BrN3S. The number of nitrogens with zero attached hydrogens (tertiary/aromatic N) is 1. The molecule has 0 unspecified atom stereocenters. The molecule has 72 valence electrons. The van der Waals surface area contributed by atoms with Gasteiger partial charge < -0.3 is 11.1 Å². The van der Waals surface area contributed by atoms with E-state index in [1.165, 1.54) is 4.88 Å². The van der Waals surface area contributed by atoms with Crippen LogP contribution in [0.3, 0.4) is 0 Å². The van der Waals surface area contributed by atoms with Crippen molar-refractivity contribution in [2.75, 3.05) is 6.54 Å². The molecule has 3 nitrogen and oxygen atoms in total. The number of thiophene rings is 1. The number of guanidine groups is 1. The predicted octanol–water partition coefficient (Wildman–Crippen LogP) is 1.93. The summed E-state index contributed by atoms with van der Waals surface area (Å²) in [6.45, 7) is 3.45. The van der Waals surface area contributed by atoms with Crippen molar-refractivity contribution in [2.45, 2.75) is 13.5 Å². The molecule has 1 aromatic rings. The molecule has 0 aromatic carbocycles. The summed E-state index contributed by atoms with van der Waals surface area (Å²) in [6, 6.07) is 2.05. The second-order valence-electron chi connectivity index (χ2n) is 2.46. The first kappa shape index (κ1) is 10.5. The van der Waals surface area contributed by atoms with E-state index in [1.54, 1.807) is 11.3 Å². The quantitative estimate of drug-likeness (QED) is 0.646. The Morgan fingerprint density at radius 1 is 1.77 bits per heavy atom. The van der Waals surface area contributed by atoms with Gasteiger partial charge in [-0.15, -0.1) is 11.3 Å². The Morgan fingerprint density at radius 2 is 2.54 bits per heavy atom. The lowest BCUT2D eigenvalue weighted by Crippen LogP contribution is -2.31. The van der Waals surface area contributed by atoms with Crippen molar-refractivity contribution in [3.8, 4) is 0 Å². The molecule has 13 heavy (non-hydrogen) atoms. The van der Waals surface area contributed by atoms with E-state index in [0.29, 0.717) is 12.5 Å². The Bertz CT molecular complexity index is 295. The van der Waals surface area contributed by atoms with E-state index in [-0.39, 0.29) is 0 Å². The molecule has 0 aliphatic rings. The van der Waals surface area contributed by atoms with Gasteiger partial charge in [-0.3, -0.25) is 0 Å². The zero-order valence-electron chi connectivity index (χ0n) is 7.38. The van der Waals surface area contributed by atoms with E-state index in [4.69, 9.17) is 5.73 Å². The number of nitrogens with two attached hydrogens (primary N) is 1. The second-order valence-corrected chi connectivity index (χ2v) is 4.37. The highest BCUT2D eigenvalue weighted by Gasteiger charge is 1.96. The predicted molar refractivity (Wildman–Crippen MR) is 61.0 cm³/mol. The summed E-state index contributed by atoms with van der Waals surface area (Å²) in [5.41, 5.74) is 5.57. The zero-order valence-corrected chi connectivity index (χ0v) is 9.78. The highest BCUT2D eigenvalue weighted by atomic mass is 79.9. The van der Waals surface area contributed by atoms with Gasteiger partial charge in [-0.05, 0) is 28.9 Å². The molecule has 1 aromatic heterocycles. The molecule has 1 rings (SSSR count). The number of nitrogens with one attached hydrogen (secondary N) is 1. The van der Waals surface area contributed by atoms with E-state index in [0.717, 1.165) is 11.0 Å². The Kier molecular flexibility index (Phi) is 4.24. The molecule has 0 fully saturated rings. The van der Waals surface area contributed by atoms with Crippen LogP contribution < -0.4 is 11.1 Å². The third-order valence-corrected chi connectivity index (χ3v) is 3.07. The molecule has 0 radical (unpaired) electrons. The third kappa shape index (κ3) is 3.78. The molecule has 0 saturated heterocycles.